The number of nitrogens with one attached hydrogen (secondary N) is 2. The van der Waals surface area contributed by atoms with Gasteiger partial charge in [0.1, 0.15) is 5.54 Å². The second-order valence-corrected chi connectivity index (χ2v) is 7.33. The molecule has 27 heavy (non-hydrogen) atoms. The molecule has 5 amide bonds. The molecule has 3 fully saturated rings. The van der Waals surface area contributed by atoms with Crippen molar-refractivity contribution in [3.63, 3.8) is 0 Å². The highest BCUT2D eigenvalue weighted by Crippen LogP contribution is 2.27. The Morgan fingerprint density at radius 3 is 2.26 bits per heavy atom. The predicted octanol–water partition coefficient (Wildman–Crippen LogP) is 1.02. The maximum atomic E-state index is 12.8. The molecule has 8 nitrogen and oxygen atoms in total. The van der Waals surface area contributed by atoms with Gasteiger partial charge in [-0.15, -0.1) is 0 Å². The molecule has 0 radical (unpaired) electrons. The van der Waals surface area contributed by atoms with E-state index < -0.39 is 11.6 Å². The molecule has 0 saturated carbocycles. The van der Waals surface area contributed by atoms with Gasteiger partial charge in [0.25, 0.3) is 11.8 Å². The molecule has 3 aliphatic rings. The summed E-state index contributed by atoms with van der Waals surface area (Å²) >= 11 is 0. The van der Waals surface area contributed by atoms with Gasteiger partial charge in [-0.3, -0.25) is 19.7 Å². The molecule has 3 aliphatic heterocycles. The van der Waals surface area contributed by atoms with Gasteiger partial charge in [-0.1, -0.05) is 0 Å². The maximum Gasteiger partial charge on any atom is 0.322 e. The van der Waals surface area contributed by atoms with E-state index in [1.807, 2.05) is 12.1 Å². The van der Waals surface area contributed by atoms with Crippen molar-refractivity contribution in [1.82, 2.24) is 15.5 Å². The molecule has 0 aliphatic carbocycles. The Balaban J connectivity index is 1.41. The third kappa shape index (κ3) is 3.15. The molecular weight excluding hydrogens is 348 g/mol. The largest absolute Gasteiger partial charge is 0.338 e. The lowest BCUT2D eigenvalue weighted by molar-refractivity contribution is -0.125. The number of carbonyl (C=O) groups excluding carboxylic acids is 4. The number of likely N-dealkylation sites (tertiary alicyclic amines) is 1. The van der Waals surface area contributed by atoms with Gasteiger partial charge in [-0.05, 0) is 49.9 Å². The first-order valence-electron chi connectivity index (χ1n) is 9.32. The Kier molecular flexibility index (Phi) is 4.33. The average molecular weight is 370 g/mol. The van der Waals surface area contributed by atoms with E-state index in [1.54, 1.807) is 21.9 Å². The Morgan fingerprint density at radius 1 is 0.963 bits per heavy atom. The zero-order chi connectivity index (χ0) is 19.0. The summed E-state index contributed by atoms with van der Waals surface area (Å²) in [5.74, 6) is -0.292. The van der Waals surface area contributed by atoms with Crippen molar-refractivity contribution in [2.45, 2.75) is 37.6 Å². The lowest BCUT2D eigenvalue weighted by Gasteiger charge is -2.37. The first-order valence-corrected chi connectivity index (χ1v) is 9.32. The molecule has 1 spiro atoms. The number of imide groups is 1. The number of rotatable bonds is 2. The summed E-state index contributed by atoms with van der Waals surface area (Å²) in [6.07, 6.45) is 3.29. The number of amides is 5. The van der Waals surface area contributed by atoms with Crippen molar-refractivity contribution in [1.29, 1.82) is 0 Å². The van der Waals surface area contributed by atoms with Gasteiger partial charge in [0, 0.05) is 37.3 Å². The Morgan fingerprint density at radius 2 is 1.67 bits per heavy atom. The van der Waals surface area contributed by atoms with Gasteiger partial charge in [0.2, 0.25) is 5.91 Å². The number of benzene rings is 1. The van der Waals surface area contributed by atoms with Gasteiger partial charge in [0.05, 0.1) is 0 Å². The Hall–Kier alpha value is -2.90. The topological polar surface area (TPSA) is 98.8 Å². The predicted molar refractivity (Wildman–Crippen MR) is 97.2 cm³/mol. The van der Waals surface area contributed by atoms with Crippen molar-refractivity contribution < 1.29 is 19.2 Å². The molecule has 0 bridgehead atoms. The minimum absolute atomic E-state index is 0.105. The first kappa shape index (κ1) is 17.5. The highest BCUT2D eigenvalue weighted by molar-refractivity contribution is 6.07. The minimum atomic E-state index is -0.883. The fraction of sp³-hybridized carbons (Fsp3) is 0.474. The van der Waals surface area contributed by atoms with Crippen molar-refractivity contribution >= 4 is 29.4 Å². The van der Waals surface area contributed by atoms with Gasteiger partial charge in [-0.2, -0.15) is 0 Å². The second-order valence-electron chi connectivity index (χ2n) is 7.33. The lowest BCUT2D eigenvalue weighted by Crippen LogP contribution is -2.55. The van der Waals surface area contributed by atoms with Gasteiger partial charge in [0.15, 0.2) is 0 Å². The number of anilines is 1. The number of urea groups is 1. The highest BCUT2D eigenvalue weighted by Gasteiger charge is 2.48. The van der Waals surface area contributed by atoms with Crippen LogP contribution >= 0.6 is 0 Å². The van der Waals surface area contributed by atoms with Crippen LogP contribution in [0.5, 0.6) is 0 Å². The van der Waals surface area contributed by atoms with Crippen LogP contribution < -0.4 is 15.5 Å². The van der Waals surface area contributed by atoms with Crippen LogP contribution in [0.25, 0.3) is 0 Å². The molecule has 3 saturated heterocycles. The third-order valence-electron chi connectivity index (χ3n) is 5.67. The molecule has 142 valence electrons. The number of carbonyl (C=O) groups is 4. The van der Waals surface area contributed by atoms with E-state index in [4.69, 9.17) is 0 Å². The molecule has 0 atom stereocenters. The number of piperidine rings is 2. The van der Waals surface area contributed by atoms with Crippen LogP contribution in [0.2, 0.25) is 0 Å². The quantitative estimate of drug-likeness (QED) is 0.759. The van der Waals surface area contributed by atoms with E-state index in [-0.39, 0.29) is 17.7 Å². The molecule has 0 unspecified atom stereocenters. The van der Waals surface area contributed by atoms with Crippen LogP contribution in [-0.4, -0.2) is 53.8 Å². The van der Waals surface area contributed by atoms with E-state index in [0.29, 0.717) is 44.5 Å². The fourth-order valence-electron chi connectivity index (χ4n) is 4.02. The monoisotopic (exact) mass is 370 g/mol. The standard InChI is InChI=1S/C19H22N4O4/c24-15-3-1-2-10-23(15)14-6-4-13(5-7-14)16(25)22-11-8-19(9-12-22)17(26)20-18(27)21-19/h4-7H,1-3,8-12H2,(H2,20,21,26,27). The molecule has 0 aromatic heterocycles. The van der Waals surface area contributed by atoms with Crippen LogP contribution in [0, 0.1) is 0 Å². The van der Waals surface area contributed by atoms with Crippen molar-refractivity contribution in [3.8, 4) is 0 Å². The first-order chi connectivity index (χ1) is 13.0. The normalized spacial score (nSPS) is 22.0. The zero-order valence-corrected chi connectivity index (χ0v) is 15.0. The van der Waals surface area contributed by atoms with E-state index in [1.165, 1.54) is 0 Å². The van der Waals surface area contributed by atoms with E-state index in [2.05, 4.69) is 10.6 Å². The molecule has 3 heterocycles. The molecule has 4 rings (SSSR count). The van der Waals surface area contributed by atoms with Gasteiger partial charge in [-0.25, -0.2) is 4.79 Å². The van der Waals surface area contributed by atoms with Crippen LogP contribution in [-0.2, 0) is 9.59 Å². The average Bonchev–Trinajstić information content (AvgIpc) is 2.95. The van der Waals surface area contributed by atoms with Crippen molar-refractivity contribution in [2.75, 3.05) is 24.5 Å². The van der Waals surface area contributed by atoms with Gasteiger partial charge >= 0.3 is 6.03 Å². The smallest absolute Gasteiger partial charge is 0.322 e. The second kappa shape index (κ2) is 6.68. The summed E-state index contributed by atoms with van der Waals surface area (Å²) in [6.45, 7) is 1.52. The summed E-state index contributed by atoms with van der Waals surface area (Å²) < 4.78 is 0. The summed E-state index contributed by atoms with van der Waals surface area (Å²) in [5.41, 5.74) is 0.491. The van der Waals surface area contributed by atoms with E-state index in [9.17, 15) is 19.2 Å². The number of hydrogen-bond acceptors (Lipinski definition) is 4. The van der Waals surface area contributed by atoms with Gasteiger partial charge < -0.3 is 15.1 Å². The Bertz CT molecular complexity index is 796. The zero-order valence-electron chi connectivity index (χ0n) is 15.0. The van der Waals surface area contributed by atoms with E-state index in [0.717, 1.165) is 18.5 Å². The lowest BCUT2D eigenvalue weighted by atomic mass is 9.87. The summed E-state index contributed by atoms with van der Waals surface area (Å²) in [6, 6.07) is 6.64. The summed E-state index contributed by atoms with van der Waals surface area (Å²) in [4.78, 5) is 51.6. The maximum absolute atomic E-state index is 12.8. The van der Waals surface area contributed by atoms with Crippen LogP contribution in [0.4, 0.5) is 10.5 Å². The van der Waals surface area contributed by atoms with Crippen molar-refractivity contribution in [2.24, 2.45) is 0 Å². The molecule has 1 aromatic carbocycles. The summed E-state index contributed by atoms with van der Waals surface area (Å²) in [7, 11) is 0. The van der Waals surface area contributed by atoms with Crippen LogP contribution in [0.1, 0.15) is 42.5 Å². The molecular formula is C19H22N4O4. The molecule has 8 heteroatoms. The molecule has 1 aromatic rings. The van der Waals surface area contributed by atoms with Crippen LogP contribution in [0.15, 0.2) is 24.3 Å². The summed E-state index contributed by atoms with van der Waals surface area (Å²) in [5, 5.41) is 4.96. The van der Waals surface area contributed by atoms with Crippen LogP contribution in [0.3, 0.4) is 0 Å². The fourth-order valence-corrected chi connectivity index (χ4v) is 4.02. The SMILES string of the molecule is O=C1NC(=O)C2(CCN(C(=O)c3ccc(N4CCCCC4=O)cc3)CC2)N1. The minimum Gasteiger partial charge on any atom is -0.338 e. The number of hydrogen-bond donors (Lipinski definition) is 2. The van der Waals surface area contributed by atoms with E-state index >= 15 is 0 Å². The highest BCUT2D eigenvalue weighted by atomic mass is 16.2. The Labute approximate surface area is 156 Å². The third-order valence-corrected chi connectivity index (χ3v) is 5.67. The molecule has 2 N–H and O–H groups in total. The van der Waals surface area contributed by atoms with Crippen molar-refractivity contribution in [3.05, 3.63) is 29.8 Å². The number of nitrogens with zero attached hydrogens (tertiary/aromatic N) is 2.